The molecule has 0 aromatic rings. The van der Waals surface area contributed by atoms with E-state index in [0.29, 0.717) is 12.5 Å². The Labute approximate surface area is 114 Å². The van der Waals surface area contributed by atoms with Crippen molar-refractivity contribution in [2.24, 2.45) is 5.92 Å². The van der Waals surface area contributed by atoms with Gasteiger partial charge in [0, 0.05) is 39.1 Å². The molecule has 0 bridgehead atoms. The van der Waals surface area contributed by atoms with Crippen molar-refractivity contribution in [1.29, 1.82) is 0 Å². The molecule has 2 aliphatic heterocycles. The SMILES string of the molecule is CNC(=O)CN1CCN(C(=O)C2CCNCC2)CC1. The molecule has 6 nitrogen and oxygen atoms in total. The van der Waals surface area contributed by atoms with Crippen LogP contribution in [0.5, 0.6) is 0 Å². The summed E-state index contributed by atoms with van der Waals surface area (Å²) in [6, 6.07) is 0. The van der Waals surface area contributed by atoms with Crippen molar-refractivity contribution >= 4 is 11.8 Å². The van der Waals surface area contributed by atoms with Crippen LogP contribution in [0.3, 0.4) is 0 Å². The molecule has 0 aliphatic carbocycles. The van der Waals surface area contributed by atoms with E-state index in [1.54, 1.807) is 7.05 Å². The van der Waals surface area contributed by atoms with E-state index in [2.05, 4.69) is 15.5 Å². The van der Waals surface area contributed by atoms with Gasteiger partial charge in [0.05, 0.1) is 6.54 Å². The lowest BCUT2D eigenvalue weighted by Crippen LogP contribution is -2.52. The Morgan fingerprint density at radius 3 is 2.37 bits per heavy atom. The van der Waals surface area contributed by atoms with Crippen LogP contribution in [0.4, 0.5) is 0 Å². The maximum absolute atomic E-state index is 12.3. The number of carbonyl (C=O) groups excluding carboxylic acids is 2. The molecular formula is C13H24N4O2. The zero-order valence-electron chi connectivity index (χ0n) is 11.7. The molecule has 0 aromatic heterocycles. The predicted octanol–water partition coefficient (Wildman–Crippen LogP) is -1.12. The smallest absolute Gasteiger partial charge is 0.233 e. The van der Waals surface area contributed by atoms with E-state index in [1.165, 1.54) is 0 Å². The first-order valence-corrected chi connectivity index (χ1v) is 7.13. The summed E-state index contributed by atoms with van der Waals surface area (Å²) >= 11 is 0. The molecule has 0 saturated carbocycles. The fourth-order valence-corrected chi connectivity index (χ4v) is 2.74. The van der Waals surface area contributed by atoms with Gasteiger partial charge in [0.25, 0.3) is 0 Å². The molecule has 2 fully saturated rings. The summed E-state index contributed by atoms with van der Waals surface area (Å²) in [5.41, 5.74) is 0. The summed E-state index contributed by atoms with van der Waals surface area (Å²) in [6.07, 6.45) is 1.91. The van der Waals surface area contributed by atoms with E-state index in [9.17, 15) is 9.59 Å². The van der Waals surface area contributed by atoms with Gasteiger partial charge in [-0.2, -0.15) is 0 Å². The number of hydrogen-bond donors (Lipinski definition) is 2. The molecule has 2 saturated heterocycles. The molecular weight excluding hydrogens is 244 g/mol. The summed E-state index contributed by atoms with van der Waals surface area (Å²) < 4.78 is 0. The third kappa shape index (κ3) is 3.91. The first-order chi connectivity index (χ1) is 9.20. The molecule has 0 radical (unpaired) electrons. The molecule has 0 aromatic carbocycles. The zero-order chi connectivity index (χ0) is 13.7. The van der Waals surface area contributed by atoms with Crippen LogP contribution in [-0.2, 0) is 9.59 Å². The molecule has 2 amide bonds. The molecule has 2 aliphatic rings. The highest BCUT2D eigenvalue weighted by Crippen LogP contribution is 2.16. The Kier molecular flexibility index (Phi) is 5.15. The number of piperidine rings is 1. The standard InChI is InChI=1S/C13H24N4O2/c1-14-12(18)10-16-6-8-17(9-7-16)13(19)11-2-4-15-5-3-11/h11,15H,2-10H2,1H3,(H,14,18). The van der Waals surface area contributed by atoms with Gasteiger partial charge in [0.1, 0.15) is 0 Å². The van der Waals surface area contributed by atoms with Gasteiger partial charge in [-0.3, -0.25) is 14.5 Å². The molecule has 0 spiro atoms. The Morgan fingerprint density at radius 2 is 1.79 bits per heavy atom. The van der Waals surface area contributed by atoms with Crippen molar-refractivity contribution in [2.45, 2.75) is 12.8 Å². The number of carbonyl (C=O) groups is 2. The predicted molar refractivity (Wildman–Crippen MR) is 72.7 cm³/mol. The minimum atomic E-state index is 0.0399. The van der Waals surface area contributed by atoms with Crippen LogP contribution in [0.1, 0.15) is 12.8 Å². The van der Waals surface area contributed by atoms with Gasteiger partial charge in [0.2, 0.25) is 11.8 Å². The maximum Gasteiger partial charge on any atom is 0.233 e. The molecule has 6 heteroatoms. The van der Waals surface area contributed by atoms with E-state index >= 15 is 0 Å². The number of piperazine rings is 1. The van der Waals surface area contributed by atoms with Crippen molar-refractivity contribution in [3.05, 3.63) is 0 Å². The van der Waals surface area contributed by atoms with Crippen molar-refractivity contribution in [2.75, 3.05) is 52.9 Å². The van der Waals surface area contributed by atoms with Crippen molar-refractivity contribution in [1.82, 2.24) is 20.4 Å². The van der Waals surface area contributed by atoms with Crippen molar-refractivity contribution < 1.29 is 9.59 Å². The van der Waals surface area contributed by atoms with E-state index in [1.807, 2.05) is 4.90 Å². The van der Waals surface area contributed by atoms with Crippen molar-refractivity contribution in [3.8, 4) is 0 Å². The average Bonchev–Trinajstić information content (AvgIpc) is 2.48. The van der Waals surface area contributed by atoms with Crippen LogP contribution in [0.25, 0.3) is 0 Å². The van der Waals surface area contributed by atoms with Crippen LogP contribution in [0.15, 0.2) is 0 Å². The minimum absolute atomic E-state index is 0.0399. The van der Waals surface area contributed by atoms with Crippen LogP contribution in [-0.4, -0.2) is 74.5 Å². The van der Waals surface area contributed by atoms with E-state index in [4.69, 9.17) is 0 Å². The zero-order valence-corrected chi connectivity index (χ0v) is 11.7. The summed E-state index contributed by atoms with van der Waals surface area (Å²) in [5.74, 6) is 0.547. The quantitative estimate of drug-likeness (QED) is 0.680. The maximum atomic E-state index is 12.3. The van der Waals surface area contributed by atoms with Gasteiger partial charge in [-0.05, 0) is 25.9 Å². The molecule has 19 heavy (non-hydrogen) atoms. The van der Waals surface area contributed by atoms with E-state index in [-0.39, 0.29) is 11.8 Å². The van der Waals surface area contributed by atoms with Crippen LogP contribution < -0.4 is 10.6 Å². The average molecular weight is 268 g/mol. The Morgan fingerprint density at radius 1 is 1.16 bits per heavy atom. The molecule has 108 valence electrons. The largest absolute Gasteiger partial charge is 0.358 e. The highest BCUT2D eigenvalue weighted by atomic mass is 16.2. The topological polar surface area (TPSA) is 64.7 Å². The monoisotopic (exact) mass is 268 g/mol. The normalized spacial score (nSPS) is 22.3. The first-order valence-electron chi connectivity index (χ1n) is 7.13. The third-order valence-electron chi connectivity index (χ3n) is 4.02. The Balaban J connectivity index is 1.76. The van der Waals surface area contributed by atoms with Gasteiger partial charge in [-0.15, -0.1) is 0 Å². The van der Waals surface area contributed by atoms with E-state index in [0.717, 1.165) is 52.1 Å². The Bertz CT molecular complexity index is 321. The number of rotatable bonds is 3. The lowest BCUT2D eigenvalue weighted by molar-refractivity contribution is -0.138. The van der Waals surface area contributed by atoms with Gasteiger partial charge in [0.15, 0.2) is 0 Å². The second-order valence-corrected chi connectivity index (χ2v) is 5.30. The minimum Gasteiger partial charge on any atom is -0.358 e. The number of amides is 2. The number of likely N-dealkylation sites (N-methyl/N-ethyl adjacent to an activating group) is 1. The molecule has 2 heterocycles. The number of nitrogens with one attached hydrogen (secondary N) is 2. The lowest BCUT2D eigenvalue weighted by atomic mass is 9.96. The van der Waals surface area contributed by atoms with Crippen LogP contribution >= 0.6 is 0 Å². The second kappa shape index (κ2) is 6.86. The molecule has 0 unspecified atom stereocenters. The van der Waals surface area contributed by atoms with Gasteiger partial charge in [-0.25, -0.2) is 0 Å². The summed E-state index contributed by atoms with van der Waals surface area (Å²) in [6.45, 7) is 5.43. The lowest BCUT2D eigenvalue weighted by Gasteiger charge is -2.36. The van der Waals surface area contributed by atoms with Gasteiger partial charge < -0.3 is 15.5 Å². The van der Waals surface area contributed by atoms with E-state index < -0.39 is 0 Å². The third-order valence-corrected chi connectivity index (χ3v) is 4.02. The van der Waals surface area contributed by atoms with Crippen molar-refractivity contribution in [3.63, 3.8) is 0 Å². The first kappa shape index (κ1) is 14.3. The summed E-state index contributed by atoms with van der Waals surface area (Å²) in [5, 5.41) is 5.91. The molecule has 2 N–H and O–H groups in total. The highest BCUT2D eigenvalue weighted by Gasteiger charge is 2.28. The fourth-order valence-electron chi connectivity index (χ4n) is 2.74. The second-order valence-electron chi connectivity index (χ2n) is 5.30. The number of hydrogen-bond acceptors (Lipinski definition) is 4. The van der Waals surface area contributed by atoms with Gasteiger partial charge >= 0.3 is 0 Å². The highest BCUT2D eigenvalue weighted by molar-refractivity contribution is 5.79. The van der Waals surface area contributed by atoms with Crippen LogP contribution in [0.2, 0.25) is 0 Å². The molecule has 2 rings (SSSR count). The fraction of sp³-hybridized carbons (Fsp3) is 0.846. The Hall–Kier alpha value is -1.14. The van der Waals surface area contributed by atoms with Crippen LogP contribution in [0, 0.1) is 5.92 Å². The summed E-state index contributed by atoms with van der Waals surface area (Å²) in [7, 11) is 1.65. The summed E-state index contributed by atoms with van der Waals surface area (Å²) in [4.78, 5) is 27.7. The number of nitrogens with zero attached hydrogens (tertiary/aromatic N) is 2. The molecule has 0 atom stereocenters. The van der Waals surface area contributed by atoms with Gasteiger partial charge in [-0.1, -0.05) is 0 Å².